The molecule has 1 unspecified atom stereocenters. The lowest BCUT2D eigenvalue weighted by atomic mass is 10.00. The molecule has 3 N–H and O–H groups in total. The zero-order chi connectivity index (χ0) is 13.3. The first-order valence-electron chi connectivity index (χ1n) is 5.22. The Morgan fingerprint density at radius 1 is 1.67 bits per heavy atom. The van der Waals surface area contributed by atoms with Crippen LogP contribution in [0.1, 0.15) is 12.6 Å². The van der Waals surface area contributed by atoms with Crippen LogP contribution in [0.3, 0.4) is 0 Å². The highest BCUT2D eigenvalue weighted by atomic mass is 16.6. The van der Waals surface area contributed by atoms with E-state index in [1.807, 2.05) is 4.98 Å². The van der Waals surface area contributed by atoms with Crippen molar-refractivity contribution in [2.75, 3.05) is 6.61 Å². The molecule has 8 nitrogen and oxygen atoms in total. The average molecular weight is 253 g/mol. The van der Waals surface area contributed by atoms with Gasteiger partial charge in [0.1, 0.15) is 18.4 Å². The van der Waals surface area contributed by atoms with Crippen LogP contribution in [0.5, 0.6) is 0 Å². The smallest absolute Gasteiger partial charge is 0.330 e. The predicted molar refractivity (Wildman–Crippen MR) is 57.5 cm³/mol. The van der Waals surface area contributed by atoms with Crippen molar-refractivity contribution in [1.29, 1.82) is 5.26 Å². The summed E-state index contributed by atoms with van der Waals surface area (Å²) in [5, 5.41) is 27.8. The largest absolute Gasteiger partial charge is 0.392 e. The van der Waals surface area contributed by atoms with Crippen LogP contribution < -0.4 is 11.2 Å². The number of aliphatic hydroxyl groups excluding tert-OH is 2. The quantitative estimate of drug-likeness (QED) is 0.563. The highest BCUT2D eigenvalue weighted by Crippen LogP contribution is 2.35. The number of aliphatic hydroxyl groups is 2. The minimum absolute atomic E-state index is 0.0277. The lowest BCUT2D eigenvalue weighted by Gasteiger charge is -2.21. The van der Waals surface area contributed by atoms with Crippen molar-refractivity contribution in [2.24, 2.45) is 0 Å². The van der Waals surface area contributed by atoms with Gasteiger partial charge in [-0.1, -0.05) is 0 Å². The van der Waals surface area contributed by atoms with Crippen molar-refractivity contribution in [3.05, 3.63) is 33.1 Å². The fourth-order valence-corrected chi connectivity index (χ4v) is 1.85. The maximum Gasteiger partial charge on any atom is 0.330 e. The third-order valence-electron chi connectivity index (χ3n) is 2.90. The molecule has 2 rings (SSSR count). The van der Waals surface area contributed by atoms with Crippen LogP contribution in [-0.2, 0) is 4.74 Å². The van der Waals surface area contributed by atoms with Crippen LogP contribution in [-0.4, -0.2) is 38.1 Å². The summed E-state index contributed by atoms with van der Waals surface area (Å²) in [5.74, 6) is 0. The summed E-state index contributed by atoms with van der Waals surface area (Å²) in [7, 11) is 0. The molecule has 18 heavy (non-hydrogen) atoms. The number of rotatable bonds is 2. The zero-order valence-electron chi connectivity index (χ0n) is 9.24. The van der Waals surface area contributed by atoms with Gasteiger partial charge < -0.3 is 14.9 Å². The van der Waals surface area contributed by atoms with Crippen LogP contribution in [0.2, 0.25) is 0 Å². The average Bonchev–Trinajstić information content (AvgIpc) is 2.67. The normalized spacial score (nSPS) is 31.2. The Bertz CT molecular complexity index is 601. The first-order valence-corrected chi connectivity index (χ1v) is 5.22. The van der Waals surface area contributed by atoms with Crippen LogP contribution in [0, 0.1) is 11.3 Å². The van der Waals surface area contributed by atoms with Gasteiger partial charge in [0.25, 0.3) is 5.56 Å². The van der Waals surface area contributed by atoms with Gasteiger partial charge in [-0.2, -0.15) is 5.26 Å². The molecule has 1 aromatic heterocycles. The summed E-state index contributed by atoms with van der Waals surface area (Å²) in [5.41, 5.74) is -2.99. The van der Waals surface area contributed by atoms with E-state index < -0.39 is 35.8 Å². The molecule has 0 saturated carbocycles. The fourth-order valence-electron chi connectivity index (χ4n) is 1.85. The van der Waals surface area contributed by atoms with E-state index in [2.05, 4.69) is 0 Å². The molecule has 3 atom stereocenters. The van der Waals surface area contributed by atoms with E-state index in [1.54, 1.807) is 6.07 Å². The van der Waals surface area contributed by atoms with Crippen molar-refractivity contribution >= 4 is 0 Å². The van der Waals surface area contributed by atoms with Gasteiger partial charge in [0.15, 0.2) is 0 Å². The molecule has 0 aliphatic carbocycles. The maximum atomic E-state index is 11.5. The number of nitrogens with one attached hydrogen (secondary N) is 1. The monoisotopic (exact) mass is 253 g/mol. The van der Waals surface area contributed by atoms with E-state index in [-0.39, 0.29) is 6.42 Å². The van der Waals surface area contributed by atoms with Crippen molar-refractivity contribution < 1.29 is 14.9 Å². The van der Waals surface area contributed by atoms with E-state index in [0.717, 1.165) is 10.6 Å². The molecule has 1 aromatic rings. The third kappa shape index (κ3) is 1.84. The highest BCUT2D eigenvalue weighted by Gasteiger charge is 2.49. The Kier molecular flexibility index (Phi) is 3.04. The van der Waals surface area contributed by atoms with E-state index in [9.17, 15) is 14.7 Å². The van der Waals surface area contributed by atoms with Crippen LogP contribution >= 0.6 is 0 Å². The summed E-state index contributed by atoms with van der Waals surface area (Å²) < 4.78 is 6.30. The molecule has 0 bridgehead atoms. The minimum atomic E-state index is -1.74. The molecule has 8 heteroatoms. The van der Waals surface area contributed by atoms with Gasteiger partial charge in [0.2, 0.25) is 5.60 Å². The van der Waals surface area contributed by atoms with Crippen molar-refractivity contribution in [1.82, 2.24) is 9.55 Å². The number of nitrogens with zero attached hydrogens (tertiary/aromatic N) is 2. The number of nitriles is 1. The number of aromatic nitrogens is 2. The highest BCUT2D eigenvalue weighted by molar-refractivity contribution is 5.11. The molecule has 96 valence electrons. The molecule has 0 spiro atoms. The number of ether oxygens (including phenoxy) is 1. The fraction of sp³-hybridized carbons (Fsp3) is 0.500. The topological polar surface area (TPSA) is 128 Å². The Morgan fingerprint density at radius 3 is 2.89 bits per heavy atom. The second-order valence-electron chi connectivity index (χ2n) is 4.00. The summed E-state index contributed by atoms with van der Waals surface area (Å²) in [4.78, 5) is 24.5. The van der Waals surface area contributed by atoms with E-state index in [1.165, 1.54) is 6.20 Å². The number of hydrogen-bond acceptors (Lipinski definition) is 6. The van der Waals surface area contributed by atoms with Crippen molar-refractivity contribution in [3.8, 4) is 6.07 Å². The minimum Gasteiger partial charge on any atom is -0.392 e. The van der Waals surface area contributed by atoms with Gasteiger partial charge in [0, 0.05) is 18.7 Å². The summed E-state index contributed by atoms with van der Waals surface area (Å²) in [6.07, 6.45) is -0.934. The molecule has 1 aliphatic rings. The van der Waals surface area contributed by atoms with Gasteiger partial charge >= 0.3 is 5.69 Å². The Hall–Kier alpha value is -1.95. The van der Waals surface area contributed by atoms with Gasteiger partial charge in [-0.3, -0.25) is 14.3 Å². The van der Waals surface area contributed by atoms with Gasteiger partial charge in [0.05, 0.1) is 6.61 Å². The number of aromatic amines is 1. The van der Waals surface area contributed by atoms with Crippen LogP contribution in [0.15, 0.2) is 21.9 Å². The summed E-state index contributed by atoms with van der Waals surface area (Å²) in [6.45, 7) is -0.681. The second kappa shape index (κ2) is 4.38. The lowest BCUT2D eigenvalue weighted by Crippen LogP contribution is -2.41. The molecule has 0 amide bonds. The predicted octanol–water partition coefficient (Wildman–Crippen LogP) is -1.93. The third-order valence-corrected chi connectivity index (χ3v) is 2.90. The number of H-pyrrole nitrogens is 1. The standard InChI is InChI=1S/C10H11N3O5/c11-4-10(5-14)6(15)3-8(18-10)13-2-1-7(16)12-9(13)17/h1-2,6,8,14-15H,3,5H2,(H,12,16,17)/t6?,8-,10-/m0/s1. The van der Waals surface area contributed by atoms with Gasteiger partial charge in [-0.05, 0) is 0 Å². The summed E-state index contributed by atoms with van der Waals surface area (Å²) >= 11 is 0. The summed E-state index contributed by atoms with van der Waals surface area (Å²) in [6, 6.07) is 2.83. The van der Waals surface area contributed by atoms with Crippen molar-refractivity contribution in [2.45, 2.75) is 24.4 Å². The Labute approximate surface area is 101 Å². The Morgan fingerprint density at radius 2 is 2.39 bits per heavy atom. The molecular formula is C10H11N3O5. The lowest BCUT2D eigenvalue weighted by molar-refractivity contribution is -0.0925. The van der Waals surface area contributed by atoms with E-state index >= 15 is 0 Å². The van der Waals surface area contributed by atoms with Crippen LogP contribution in [0.4, 0.5) is 0 Å². The SMILES string of the molecule is N#C[C@@]1(CO)O[C@H](n2ccc(=O)[nH]c2=O)CC1O. The first kappa shape index (κ1) is 12.5. The first-order chi connectivity index (χ1) is 8.52. The molecule has 2 heterocycles. The van der Waals surface area contributed by atoms with E-state index in [4.69, 9.17) is 15.1 Å². The van der Waals surface area contributed by atoms with Crippen LogP contribution in [0.25, 0.3) is 0 Å². The maximum absolute atomic E-state index is 11.5. The number of hydrogen-bond donors (Lipinski definition) is 3. The van der Waals surface area contributed by atoms with Crippen molar-refractivity contribution in [3.63, 3.8) is 0 Å². The molecular weight excluding hydrogens is 242 g/mol. The van der Waals surface area contributed by atoms with Gasteiger partial charge in [-0.15, -0.1) is 0 Å². The molecule has 1 aliphatic heterocycles. The molecule has 0 aromatic carbocycles. The zero-order valence-corrected chi connectivity index (χ0v) is 9.24. The second-order valence-corrected chi connectivity index (χ2v) is 4.00. The van der Waals surface area contributed by atoms with E-state index in [0.29, 0.717) is 0 Å². The van der Waals surface area contributed by atoms with Gasteiger partial charge in [-0.25, -0.2) is 4.79 Å². The molecule has 1 fully saturated rings. The Balaban J connectivity index is 2.36. The molecule has 1 saturated heterocycles. The molecule has 0 radical (unpaired) electrons.